The first-order valence-electron chi connectivity index (χ1n) is 7.56. The van der Waals surface area contributed by atoms with Gasteiger partial charge in [-0.05, 0) is 36.1 Å². The van der Waals surface area contributed by atoms with Gasteiger partial charge in [-0.15, -0.1) is 0 Å². The highest BCUT2D eigenvalue weighted by molar-refractivity contribution is 6.05. The lowest BCUT2D eigenvalue weighted by Gasteiger charge is -2.19. The van der Waals surface area contributed by atoms with E-state index in [1.165, 1.54) is 18.3 Å². The van der Waals surface area contributed by atoms with Crippen molar-refractivity contribution in [2.24, 2.45) is 0 Å². The minimum absolute atomic E-state index is 0.153. The van der Waals surface area contributed by atoms with Gasteiger partial charge in [0.15, 0.2) is 11.6 Å². The standard InChI is InChI=1S/C17H15F2N3O2/c1-2-9-8-20-6-5-11(9)17(24)21-12-7-10-3-4-13(23)22-16(10)15(19)14(12)18/h5-8H,2-4H2,1H3,(H,21,24)(H,22,23). The molecule has 0 unspecified atom stereocenters. The number of nitrogens with one attached hydrogen (secondary N) is 2. The highest BCUT2D eigenvalue weighted by Crippen LogP contribution is 2.32. The maximum atomic E-state index is 14.2. The molecule has 3 rings (SSSR count). The number of benzene rings is 1. The van der Waals surface area contributed by atoms with Crippen LogP contribution in [-0.2, 0) is 17.6 Å². The fourth-order valence-corrected chi connectivity index (χ4v) is 2.67. The number of rotatable bonds is 3. The molecule has 0 bridgehead atoms. The third kappa shape index (κ3) is 2.84. The number of nitrogens with zero attached hydrogens (tertiary/aromatic N) is 1. The fourth-order valence-electron chi connectivity index (χ4n) is 2.67. The molecule has 0 saturated heterocycles. The number of halogens is 2. The minimum Gasteiger partial charge on any atom is -0.323 e. The molecule has 0 radical (unpaired) electrons. The highest BCUT2D eigenvalue weighted by atomic mass is 19.2. The molecule has 2 aromatic rings. The van der Waals surface area contributed by atoms with E-state index in [4.69, 9.17) is 0 Å². The SMILES string of the molecule is CCc1cnccc1C(=O)Nc1cc2c(c(F)c1F)NC(=O)CC2. The van der Waals surface area contributed by atoms with Crippen LogP contribution in [0.4, 0.5) is 20.2 Å². The van der Waals surface area contributed by atoms with Crippen LogP contribution in [0.1, 0.15) is 34.8 Å². The maximum absolute atomic E-state index is 14.2. The Bertz CT molecular complexity index is 837. The van der Waals surface area contributed by atoms with E-state index in [-0.39, 0.29) is 30.1 Å². The predicted octanol–water partition coefficient (Wildman–Crippen LogP) is 3.06. The number of carbonyl (C=O) groups is 2. The van der Waals surface area contributed by atoms with E-state index < -0.39 is 17.5 Å². The van der Waals surface area contributed by atoms with Gasteiger partial charge in [0.1, 0.15) is 0 Å². The summed E-state index contributed by atoms with van der Waals surface area (Å²) in [5.74, 6) is -3.26. The fraction of sp³-hybridized carbons (Fsp3) is 0.235. The summed E-state index contributed by atoms with van der Waals surface area (Å²) in [6, 6.07) is 2.89. The first-order chi connectivity index (χ1) is 11.5. The quantitative estimate of drug-likeness (QED) is 0.908. The van der Waals surface area contributed by atoms with Crippen molar-refractivity contribution in [1.29, 1.82) is 0 Å². The molecule has 1 aromatic heterocycles. The molecule has 0 atom stereocenters. The van der Waals surface area contributed by atoms with Crippen molar-refractivity contribution < 1.29 is 18.4 Å². The number of amides is 2. The lowest BCUT2D eigenvalue weighted by molar-refractivity contribution is -0.116. The van der Waals surface area contributed by atoms with Gasteiger partial charge >= 0.3 is 0 Å². The van der Waals surface area contributed by atoms with Gasteiger partial charge in [-0.2, -0.15) is 0 Å². The largest absolute Gasteiger partial charge is 0.323 e. The first-order valence-corrected chi connectivity index (χ1v) is 7.56. The number of hydrogen-bond acceptors (Lipinski definition) is 3. The number of hydrogen-bond donors (Lipinski definition) is 2. The Morgan fingerprint density at radius 3 is 2.88 bits per heavy atom. The Morgan fingerprint density at radius 1 is 1.33 bits per heavy atom. The summed E-state index contributed by atoms with van der Waals surface area (Å²) in [6.45, 7) is 1.87. The van der Waals surface area contributed by atoms with Crippen LogP contribution >= 0.6 is 0 Å². The van der Waals surface area contributed by atoms with Crippen molar-refractivity contribution in [3.05, 3.63) is 52.9 Å². The number of aromatic nitrogens is 1. The normalized spacial score (nSPS) is 13.2. The summed E-state index contributed by atoms with van der Waals surface area (Å²) in [5.41, 5.74) is 1.12. The number of fused-ring (bicyclic) bond motifs is 1. The zero-order valence-electron chi connectivity index (χ0n) is 13.0. The molecule has 0 spiro atoms. The predicted molar refractivity (Wildman–Crippen MR) is 84.9 cm³/mol. The smallest absolute Gasteiger partial charge is 0.256 e. The third-order valence-electron chi connectivity index (χ3n) is 3.95. The highest BCUT2D eigenvalue weighted by Gasteiger charge is 2.25. The van der Waals surface area contributed by atoms with Gasteiger partial charge in [0, 0.05) is 24.4 Å². The zero-order valence-corrected chi connectivity index (χ0v) is 13.0. The van der Waals surface area contributed by atoms with E-state index in [1.807, 2.05) is 6.92 Å². The van der Waals surface area contributed by atoms with Crippen LogP contribution in [0.15, 0.2) is 24.5 Å². The summed E-state index contributed by atoms with van der Waals surface area (Å²) in [4.78, 5) is 27.7. The molecule has 24 heavy (non-hydrogen) atoms. The first kappa shape index (κ1) is 16.0. The van der Waals surface area contributed by atoms with Crippen LogP contribution in [-0.4, -0.2) is 16.8 Å². The molecule has 1 aliphatic rings. The summed E-state index contributed by atoms with van der Waals surface area (Å²) < 4.78 is 28.4. The Kier molecular flexibility index (Phi) is 4.24. The average Bonchev–Trinajstić information content (AvgIpc) is 2.60. The van der Waals surface area contributed by atoms with E-state index in [0.29, 0.717) is 23.1 Å². The number of pyridine rings is 1. The summed E-state index contributed by atoms with van der Waals surface area (Å²) in [7, 11) is 0. The van der Waals surface area contributed by atoms with Crippen molar-refractivity contribution in [3.63, 3.8) is 0 Å². The molecule has 0 fully saturated rings. The molecule has 5 nitrogen and oxygen atoms in total. The van der Waals surface area contributed by atoms with Gasteiger partial charge in [0.2, 0.25) is 5.91 Å². The zero-order chi connectivity index (χ0) is 17.3. The summed E-state index contributed by atoms with van der Waals surface area (Å²) in [5, 5.41) is 4.73. The van der Waals surface area contributed by atoms with E-state index >= 15 is 0 Å². The second-order valence-corrected chi connectivity index (χ2v) is 5.47. The second-order valence-electron chi connectivity index (χ2n) is 5.47. The van der Waals surface area contributed by atoms with E-state index in [9.17, 15) is 18.4 Å². The molecule has 2 N–H and O–H groups in total. The molecule has 0 aliphatic carbocycles. The minimum atomic E-state index is -1.20. The Balaban J connectivity index is 1.95. The van der Waals surface area contributed by atoms with Crippen molar-refractivity contribution in [3.8, 4) is 0 Å². The van der Waals surface area contributed by atoms with Gasteiger partial charge < -0.3 is 10.6 Å². The second kappa shape index (κ2) is 6.35. The van der Waals surface area contributed by atoms with Crippen LogP contribution in [0, 0.1) is 11.6 Å². The van der Waals surface area contributed by atoms with Crippen LogP contribution in [0.25, 0.3) is 0 Å². The van der Waals surface area contributed by atoms with Crippen molar-refractivity contribution >= 4 is 23.2 Å². The molecule has 2 heterocycles. The third-order valence-corrected chi connectivity index (χ3v) is 3.95. The molecule has 2 amide bonds. The Hall–Kier alpha value is -2.83. The van der Waals surface area contributed by atoms with Gasteiger partial charge in [-0.1, -0.05) is 6.92 Å². The van der Waals surface area contributed by atoms with Crippen LogP contribution < -0.4 is 10.6 Å². The lowest BCUT2D eigenvalue weighted by Crippen LogP contribution is -2.22. The van der Waals surface area contributed by atoms with E-state index in [1.54, 1.807) is 6.20 Å². The van der Waals surface area contributed by atoms with Crippen LogP contribution in [0.2, 0.25) is 0 Å². The molecule has 1 aromatic carbocycles. The molecular formula is C17H15F2N3O2. The van der Waals surface area contributed by atoms with Gasteiger partial charge in [0.05, 0.1) is 11.4 Å². The maximum Gasteiger partial charge on any atom is 0.256 e. The van der Waals surface area contributed by atoms with Crippen molar-refractivity contribution in [1.82, 2.24) is 4.98 Å². The molecular weight excluding hydrogens is 316 g/mol. The number of anilines is 2. The number of aryl methyl sites for hydroxylation is 2. The summed E-state index contributed by atoms with van der Waals surface area (Å²) in [6.07, 6.45) is 4.10. The van der Waals surface area contributed by atoms with Crippen LogP contribution in [0.3, 0.4) is 0 Å². The van der Waals surface area contributed by atoms with Crippen LogP contribution in [0.5, 0.6) is 0 Å². The van der Waals surface area contributed by atoms with Crippen molar-refractivity contribution in [2.75, 3.05) is 10.6 Å². The average molecular weight is 331 g/mol. The van der Waals surface area contributed by atoms with Gasteiger partial charge in [0.25, 0.3) is 5.91 Å². The molecule has 7 heteroatoms. The van der Waals surface area contributed by atoms with Gasteiger partial charge in [-0.25, -0.2) is 8.78 Å². The number of carbonyl (C=O) groups excluding carboxylic acids is 2. The molecule has 124 valence electrons. The van der Waals surface area contributed by atoms with Crippen molar-refractivity contribution in [2.45, 2.75) is 26.2 Å². The van der Waals surface area contributed by atoms with E-state index in [0.717, 1.165) is 0 Å². The van der Waals surface area contributed by atoms with E-state index in [2.05, 4.69) is 15.6 Å². The lowest BCUT2D eigenvalue weighted by atomic mass is 10.0. The Labute approximate surface area is 137 Å². The topological polar surface area (TPSA) is 71.1 Å². The summed E-state index contributed by atoms with van der Waals surface area (Å²) >= 11 is 0. The Morgan fingerprint density at radius 2 is 2.12 bits per heavy atom. The molecule has 0 saturated carbocycles. The molecule has 1 aliphatic heterocycles. The van der Waals surface area contributed by atoms with Gasteiger partial charge in [-0.3, -0.25) is 14.6 Å². The monoisotopic (exact) mass is 331 g/mol.